The second-order valence-corrected chi connectivity index (χ2v) is 7.94. The number of benzene rings is 1. The van der Waals surface area contributed by atoms with Gasteiger partial charge in [0.1, 0.15) is 0 Å². The first-order valence-electron chi connectivity index (χ1n) is 9.83. The maximum Gasteiger partial charge on any atom is 0.225 e. The Morgan fingerprint density at radius 1 is 1.31 bits per heavy atom. The maximum absolute atomic E-state index is 13.0. The standard InChI is InChI=1S/C21H28N2O3/c1-22(12-13-23-10-4-5-11-23)20(25)16-8-9-21(19(24)14-16)18-7-3-2-6-17(18)15-26-21/h2-3,6-7,16H,4-5,8-15H2,1H3. The summed E-state index contributed by atoms with van der Waals surface area (Å²) in [6.07, 6.45) is 4.14. The van der Waals surface area contributed by atoms with Crippen molar-refractivity contribution in [2.75, 3.05) is 33.2 Å². The van der Waals surface area contributed by atoms with Gasteiger partial charge in [-0.3, -0.25) is 9.59 Å². The number of ketones is 1. The lowest BCUT2D eigenvalue weighted by atomic mass is 9.73. The van der Waals surface area contributed by atoms with Gasteiger partial charge in [0.15, 0.2) is 11.4 Å². The highest BCUT2D eigenvalue weighted by Gasteiger charge is 2.50. The summed E-state index contributed by atoms with van der Waals surface area (Å²) in [5.41, 5.74) is 1.31. The predicted octanol–water partition coefficient (Wildman–Crippen LogP) is 2.34. The third-order valence-corrected chi connectivity index (χ3v) is 6.33. The van der Waals surface area contributed by atoms with Crippen LogP contribution in [0.15, 0.2) is 24.3 Å². The van der Waals surface area contributed by atoms with Gasteiger partial charge in [0.05, 0.1) is 6.61 Å². The summed E-state index contributed by atoms with van der Waals surface area (Å²) in [6.45, 7) is 4.46. The minimum Gasteiger partial charge on any atom is -0.358 e. The molecule has 2 aliphatic heterocycles. The van der Waals surface area contributed by atoms with E-state index in [1.54, 1.807) is 0 Å². The van der Waals surface area contributed by atoms with Crippen LogP contribution in [-0.4, -0.2) is 54.7 Å². The van der Waals surface area contributed by atoms with E-state index in [0.29, 0.717) is 25.9 Å². The van der Waals surface area contributed by atoms with Crippen molar-refractivity contribution in [2.45, 2.75) is 44.3 Å². The van der Waals surface area contributed by atoms with E-state index in [-0.39, 0.29) is 17.6 Å². The molecular formula is C21H28N2O3. The molecule has 5 heteroatoms. The molecule has 26 heavy (non-hydrogen) atoms. The number of Topliss-reactive ketones (excluding diaryl/α,β-unsaturated/α-hetero) is 1. The molecule has 1 amide bonds. The third kappa shape index (κ3) is 3.08. The molecule has 1 aromatic carbocycles. The van der Waals surface area contributed by atoms with Gasteiger partial charge in [-0.2, -0.15) is 0 Å². The molecule has 2 atom stereocenters. The number of likely N-dealkylation sites (N-methyl/N-ethyl adjacent to an activating group) is 1. The van der Waals surface area contributed by atoms with Crippen LogP contribution in [0.2, 0.25) is 0 Å². The van der Waals surface area contributed by atoms with Gasteiger partial charge in [-0.15, -0.1) is 0 Å². The Morgan fingerprint density at radius 3 is 2.85 bits per heavy atom. The van der Waals surface area contributed by atoms with Crippen LogP contribution in [0.25, 0.3) is 0 Å². The summed E-state index contributed by atoms with van der Waals surface area (Å²) >= 11 is 0. The smallest absolute Gasteiger partial charge is 0.225 e. The molecule has 1 spiro atoms. The van der Waals surface area contributed by atoms with Crippen molar-refractivity contribution in [3.63, 3.8) is 0 Å². The zero-order valence-electron chi connectivity index (χ0n) is 15.6. The van der Waals surface area contributed by atoms with Crippen molar-refractivity contribution in [3.8, 4) is 0 Å². The molecule has 1 aliphatic carbocycles. The van der Waals surface area contributed by atoms with E-state index < -0.39 is 5.60 Å². The summed E-state index contributed by atoms with van der Waals surface area (Å²) in [5.74, 6) is -0.0215. The summed E-state index contributed by atoms with van der Waals surface area (Å²) in [5, 5.41) is 0. The molecule has 2 heterocycles. The van der Waals surface area contributed by atoms with Crippen LogP contribution < -0.4 is 0 Å². The molecule has 4 rings (SSSR count). The number of rotatable bonds is 4. The second-order valence-electron chi connectivity index (χ2n) is 7.94. The van der Waals surface area contributed by atoms with Gasteiger partial charge >= 0.3 is 0 Å². The molecule has 140 valence electrons. The fourth-order valence-corrected chi connectivity index (χ4v) is 4.69. The van der Waals surface area contributed by atoms with E-state index in [1.165, 1.54) is 12.8 Å². The summed E-state index contributed by atoms with van der Waals surface area (Å²) < 4.78 is 5.99. The van der Waals surface area contributed by atoms with Gasteiger partial charge in [-0.1, -0.05) is 24.3 Å². The summed E-state index contributed by atoms with van der Waals surface area (Å²) in [7, 11) is 1.87. The molecule has 2 unspecified atom stereocenters. The van der Waals surface area contributed by atoms with Crippen molar-refractivity contribution in [3.05, 3.63) is 35.4 Å². The zero-order chi connectivity index (χ0) is 18.1. The number of carbonyl (C=O) groups excluding carboxylic acids is 2. The number of hydrogen-bond acceptors (Lipinski definition) is 4. The van der Waals surface area contributed by atoms with E-state index >= 15 is 0 Å². The van der Waals surface area contributed by atoms with Crippen LogP contribution in [-0.2, 0) is 26.5 Å². The minimum absolute atomic E-state index is 0.0694. The number of hydrogen-bond donors (Lipinski definition) is 0. The monoisotopic (exact) mass is 356 g/mol. The molecule has 1 saturated carbocycles. The predicted molar refractivity (Wildman–Crippen MR) is 98.6 cm³/mol. The molecule has 0 N–H and O–H groups in total. The van der Waals surface area contributed by atoms with Crippen molar-refractivity contribution in [1.29, 1.82) is 0 Å². The minimum atomic E-state index is -0.804. The fraction of sp³-hybridized carbons (Fsp3) is 0.619. The molecule has 5 nitrogen and oxygen atoms in total. The quantitative estimate of drug-likeness (QED) is 0.831. The van der Waals surface area contributed by atoms with E-state index in [4.69, 9.17) is 4.74 Å². The largest absolute Gasteiger partial charge is 0.358 e. The average Bonchev–Trinajstić information content (AvgIpc) is 3.30. The Labute approximate surface area is 155 Å². The number of likely N-dealkylation sites (tertiary alicyclic amines) is 1. The SMILES string of the molecule is CN(CCN1CCCC1)C(=O)C1CCC2(OCc3ccccc32)C(=O)C1. The highest BCUT2D eigenvalue weighted by atomic mass is 16.5. The van der Waals surface area contributed by atoms with Crippen LogP contribution in [0.3, 0.4) is 0 Å². The lowest BCUT2D eigenvalue weighted by molar-refractivity contribution is -0.156. The first-order chi connectivity index (χ1) is 12.6. The highest BCUT2D eigenvalue weighted by Crippen LogP contribution is 2.46. The molecule has 0 aromatic heterocycles. The molecular weight excluding hydrogens is 328 g/mol. The number of ether oxygens (including phenoxy) is 1. The first kappa shape index (κ1) is 17.7. The Morgan fingerprint density at radius 2 is 2.08 bits per heavy atom. The fourth-order valence-electron chi connectivity index (χ4n) is 4.69. The topological polar surface area (TPSA) is 49.9 Å². The maximum atomic E-state index is 13.0. The first-order valence-corrected chi connectivity index (χ1v) is 9.83. The van der Waals surface area contributed by atoms with E-state index in [9.17, 15) is 9.59 Å². The highest BCUT2D eigenvalue weighted by molar-refractivity contribution is 5.94. The molecule has 1 saturated heterocycles. The molecule has 3 aliphatic rings. The molecule has 2 fully saturated rings. The van der Waals surface area contributed by atoms with Gasteiger partial charge < -0.3 is 14.5 Å². The normalized spacial score (nSPS) is 28.5. The molecule has 0 radical (unpaired) electrons. The average molecular weight is 356 g/mol. The van der Waals surface area contributed by atoms with Gasteiger partial charge in [-0.05, 0) is 49.9 Å². The zero-order valence-corrected chi connectivity index (χ0v) is 15.6. The number of nitrogens with zero attached hydrogens (tertiary/aromatic N) is 2. The Balaban J connectivity index is 1.38. The number of fused-ring (bicyclic) bond motifs is 2. The second kappa shape index (κ2) is 7.12. The van der Waals surface area contributed by atoms with Crippen LogP contribution in [0.5, 0.6) is 0 Å². The number of carbonyl (C=O) groups is 2. The van der Waals surface area contributed by atoms with Gasteiger partial charge in [0, 0.05) is 32.5 Å². The lowest BCUT2D eigenvalue weighted by Gasteiger charge is -2.36. The van der Waals surface area contributed by atoms with E-state index in [1.807, 2.05) is 36.2 Å². The van der Waals surface area contributed by atoms with E-state index in [0.717, 1.165) is 37.3 Å². The Hall–Kier alpha value is -1.72. The van der Waals surface area contributed by atoms with Gasteiger partial charge in [-0.25, -0.2) is 0 Å². The van der Waals surface area contributed by atoms with Crippen molar-refractivity contribution in [1.82, 2.24) is 9.80 Å². The third-order valence-electron chi connectivity index (χ3n) is 6.33. The lowest BCUT2D eigenvalue weighted by Crippen LogP contribution is -2.46. The number of amides is 1. The van der Waals surface area contributed by atoms with E-state index in [2.05, 4.69) is 4.90 Å². The van der Waals surface area contributed by atoms with Crippen LogP contribution in [0.4, 0.5) is 0 Å². The van der Waals surface area contributed by atoms with Crippen molar-refractivity contribution < 1.29 is 14.3 Å². The Bertz CT molecular complexity index is 698. The van der Waals surface area contributed by atoms with Crippen molar-refractivity contribution in [2.24, 2.45) is 5.92 Å². The van der Waals surface area contributed by atoms with Crippen LogP contribution >= 0.6 is 0 Å². The molecule has 1 aromatic rings. The van der Waals surface area contributed by atoms with Gasteiger partial charge in [0.25, 0.3) is 0 Å². The van der Waals surface area contributed by atoms with Crippen LogP contribution in [0.1, 0.15) is 43.2 Å². The Kier molecular flexibility index (Phi) is 4.84. The van der Waals surface area contributed by atoms with Crippen LogP contribution in [0, 0.1) is 5.92 Å². The van der Waals surface area contributed by atoms with Gasteiger partial charge in [0.2, 0.25) is 5.91 Å². The molecule has 0 bridgehead atoms. The summed E-state index contributed by atoms with van der Waals surface area (Å²) in [4.78, 5) is 30.0. The summed E-state index contributed by atoms with van der Waals surface area (Å²) in [6, 6.07) is 7.98. The van der Waals surface area contributed by atoms with Crippen molar-refractivity contribution >= 4 is 11.7 Å².